The number of benzene rings is 1. The van der Waals surface area contributed by atoms with Gasteiger partial charge in [-0.25, -0.2) is 0 Å². The van der Waals surface area contributed by atoms with Crippen LogP contribution in [0, 0.1) is 11.3 Å². The lowest BCUT2D eigenvalue weighted by Crippen LogP contribution is -2.11. The fourth-order valence-electron chi connectivity index (χ4n) is 2.14. The van der Waals surface area contributed by atoms with E-state index in [0.717, 1.165) is 30.1 Å². The quantitative estimate of drug-likeness (QED) is 0.568. The fourth-order valence-corrected chi connectivity index (χ4v) is 2.14. The number of carbonyl (C=O) groups excluding carboxylic acids is 2. The molecule has 0 saturated carbocycles. The Balaban J connectivity index is 0.000000384. The fraction of sp³-hybridized carbons (Fsp3) is 0.474. The van der Waals surface area contributed by atoms with E-state index < -0.39 is 0 Å². The lowest BCUT2D eigenvalue weighted by molar-refractivity contribution is -0.108. The van der Waals surface area contributed by atoms with Crippen LogP contribution >= 0.6 is 0 Å². The lowest BCUT2D eigenvalue weighted by atomic mass is 9.84. The van der Waals surface area contributed by atoms with Crippen molar-refractivity contribution in [3.63, 3.8) is 0 Å². The molecule has 2 nitrogen and oxygen atoms in total. The predicted octanol–water partition coefficient (Wildman–Crippen LogP) is 4.94. The third-order valence-corrected chi connectivity index (χ3v) is 2.84. The molecular formula is C19H28O2. The van der Waals surface area contributed by atoms with Crippen molar-refractivity contribution in [3.8, 4) is 0 Å². The van der Waals surface area contributed by atoms with Crippen molar-refractivity contribution in [1.29, 1.82) is 0 Å². The molecule has 0 aliphatic heterocycles. The monoisotopic (exact) mass is 288 g/mol. The summed E-state index contributed by atoms with van der Waals surface area (Å²) in [5.74, 6) is 0.539. The average Bonchev–Trinajstić information content (AvgIpc) is 2.38. The van der Waals surface area contributed by atoms with Crippen molar-refractivity contribution < 1.29 is 9.59 Å². The van der Waals surface area contributed by atoms with Crippen LogP contribution in [0.15, 0.2) is 35.9 Å². The van der Waals surface area contributed by atoms with Gasteiger partial charge in [0, 0.05) is 6.42 Å². The highest BCUT2D eigenvalue weighted by molar-refractivity contribution is 5.80. The standard InChI is InChI=1S/C10H10O.C9H18O/c1-9(8-11)7-10-5-3-2-4-6-10;1-8(5-6-10)7-9(2,3)4/h2-8H,1H3;6,8H,5,7H2,1-4H3. The molecule has 116 valence electrons. The smallest absolute Gasteiger partial charge is 0.145 e. The van der Waals surface area contributed by atoms with Crippen LogP contribution in [0.5, 0.6) is 0 Å². The van der Waals surface area contributed by atoms with Crippen molar-refractivity contribution in [1.82, 2.24) is 0 Å². The second-order valence-electron chi connectivity index (χ2n) is 6.69. The minimum atomic E-state index is 0.364. The Kier molecular flexibility index (Phi) is 9.27. The van der Waals surface area contributed by atoms with Gasteiger partial charge in [0.2, 0.25) is 0 Å². The molecule has 1 rings (SSSR count). The first-order chi connectivity index (χ1) is 9.78. The molecule has 1 atom stereocenters. The van der Waals surface area contributed by atoms with Crippen LogP contribution in [-0.2, 0) is 9.59 Å². The molecule has 0 aromatic heterocycles. The minimum Gasteiger partial charge on any atom is -0.303 e. The first-order valence-corrected chi connectivity index (χ1v) is 7.40. The number of carbonyl (C=O) groups is 2. The van der Waals surface area contributed by atoms with Crippen LogP contribution < -0.4 is 0 Å². The van der Waals surface area contributed by atoms with Gasteiger partial charge in [0.15, 0.2) is 0 Å². The molecule has 0 fully saturated rings. The van der Waals surface area contributed by atoms with E-state index in [1.54, 1.807) is 6.92 Å². The summed E-state index contributed by atoms with van der Waals surface area (Å²) in [6, 6.07) is 9.78. The molecule has 2 heteroatoms. The van der Waals surface area contributed by atoms with E-state index in [1.165, 1.54) is 0 Å². The maximum absolute atomic E-state index is 10.2. The van der Waals surface area contributed by atoms with Gasteiger partial charge in [-0.3, -0.25) is 4.79 Å². The van der Waals surface area contributed by atoms with Gasteiger partial charge >= 0.3 is 0 Å². The Hall–Kier alpha value is -1.70. The Labute approximate surface area is 129 Å². The summed E-state index contributed by atoms with van der Waals surface area (Å²) in [6.45, 7) is 10.5. The van der Waals surface area contributed by atoms with E-state index in [1.807, 2.05) is 36.4 Å². The normalized spacial score (nSPS) is 12.9. The highest BCUT2D eigenvalue weighted by atomic mass is 16.1. The third kappa shape index (κ3) is 11.8. The number of allylic oxidation sites excluding steroid dienone is 1. The van der Waals surface area contributed by atoms with Gasteiger partial charge in [-0.2, -0.15) is 0 Å². The second kappa shape index (κ2) is 10.1. The largest absolute Gasteiger partial charge is 0.303 e. The maximum atomic E-state index is 10.2. The summed E-state index contributed by atoms with van der Waals surface area (Å²) < 4.78 is 0. The SMILES string of the molecule is CC(C=O)=Cc1ccccc1.CC(CC=O)CC(C)(C)C. The summed E-state index contributed by atoms with van der Waals surface area (Å²) in [5, 5.41) is 0. The Morgan fingerprint density at radius 3 is 2.14 bits per heavy atom. The summed E-state index contributed by atoms with van der Waals surface area (Å²) in [4.78, 5) is 20.3. The zero-order valence-corrected chi connectivity index (χ0v) is 13.9. The van der Waals surface area contributed by atoms with Crippen LogP contribution in [0.2, 0.25) is 0 Å². The Morgan fingerprint density at radius 1 is 1.14 bits per heavy atom. The summed E-state index contributed by atoms with van der Waals surface area (Å²) >= 11 is 0. The Bertz CT molecular complexity index is 438. The van der Waals surface area contributed by atoms with Crippen molar-refractivity contribution in [3.05, 3.63) is 41.5 Å². The molecule has 1 unspecified atom stereocenters. The molecule has 1 aromatic carbocycles. The van der Waals surface area contributed by atoms with E-state index in [9.17, 15) is 9.59 Å². The van der Waals surface area contributed by atoms with Gasteiger partial charge in [0.1, 0.15) is 12.6 Å². The minimum absolute atomic E-state index is 0.364. The van der Waals surface area contributed by atoms with Gasteiger partial charge in [-0.15, -0.1) is 0 Å². The number of aldehydes is 2. The Morgan fingerprint density at radius 2 is 1.71 bits per heavy atom. The first kappa shape index (κ1) is 19.3. The molecule has 0 spiro atoms. The zero-order valence-electron chi connectivity index (χ0n) is 13.9. The van der Waals surface area contributed by atoms with Gasteiger partial charge in [-0.05, 0) is 41.9 Å². The molecule has 0 radical (unpaired) electrons. The molecule has 0 aliphatic carbocycles. The number of rotatable bonds is 5. The summed E-state index contributed by atoms with van der Waals surface area (Å²) in [7, 11) is 0. The average molecular weight is 288 g/mol. The van der Waals surface area contributed by atoms with Crippen LogP contribution in [-0.4, -0.2) is 12.6 Å². The third-order valence-electron chi connectivity index (χ3n) is 2.84. The van der Waals surface area contributed by atoms with E-state index >= 15 is 0 Å². The van der Waals surface area contributed by atoms with Crippen LogP contribution in [0.1, 0.15) is 53.0 Å². The van der Waals surface area contributed by atoms with E-state index in [0.29, 0.717) is 17.8 Å². The van der Waals surface area contributed by atoms with Gasteiger partial charge in [0.25, 0.3) is 0 Å². The molecular weight excluding hydrogens is 260 g/mol. The molecule has 1 aromatic rings. The van der Waals surface area contributed by atoms with Crippen molar-refractivity contribution >= 4 is 18.6 Å². The van der Waals surface area contributed by atoms with E-state index in [2.05, 4.69) is 27.7 Å². The predicted molar refractivity (Wildman–Crippen MR) is 90.1 cm³/mol. The number of hydrogen-bond donors (Lipinski definition) is 0. The maximum Gasteiger partial charge on any atom is 0.145 e. The molecule has 0 aliphatic rings. The second-order valence-corrected chi connectivity index (χ2v) is 6.69. The molecule has 0 heterocycles. The number of hydrogen-bond acceptors (Lipinski definition) is 2. The topological polar surface area (TPSA) is 34.1 Å². The highest BCUT2D eigenvalue weighted by Crippen LogP contribution is 2.25. The molecule has 0 saturated heterocycles. The molecule has 21 heavy (non-hydrogen) atoms. The summed E-state index contributed by atoms with van der Waals surface area (Å²) in [5.41, 5.74) is 2.18. The van der Waals surface area contributed by atoms with Crippen LogP contribution in [0.3, 0.4) is 0 Å². The van der Waals surface area contributed by atoms with Gasteiger partial charge in [-0.1, -0.05) is 58.0 Å². The van der Waals surface area contributed by atoms with Gasteiger partial charge in [0.05, 0.1) is 0 Å². The van der Waals surface area contributed by atoms with E-state index in [-0.39, 0.29) is 0 Å². The van der Waals surface area contributed by atoms with Crippen molar-refractivity contribution in [2.24, 2.45) is 11.3 Å². The van der Waals surface area contributed by atoms with Crippen molar-refractivity contribution in [2.75, 3.05) is 0 Å². The molecule has 0 amide bonds. The lowest BCUT2D eigenvalue weighted by Gasteiger charge is -2.21. The van der Waals surface area contributed by atoms with Crippen molar-refractivity contribution in [2.45, 2.75) is 47.5 Å². The van der Waals surface area contributed by atoms with Crippen LogP contribution in [0.25, 0.3) is 6.08 Å². The molecule has 0 N–H and O–H groups in total. The van der Waals surface area contributed by atoms with Crippen LogP contribution in [0.4, 0.5) is 0 Å². The zero-order chi connectivity index (χ0) is 16.3. The molecule has 0 bridgehead atoms. The van der Waals surface area contributed by atoms with E-state index in [4.69, 9.17) is 0 Å². The first-order valence-electron chi connectivity index (χ1n) is 7.40. The summed E-state index contributed by atoms with van der Waals surface area (Å²) in [6.07, 6.45) is 5.55. The highest BCUT2D eigenvalue weighted by Gasteiger charge is 2.14. The van der Waals surface area contributed by atoms with Gasteiger partial charge < -0.3 is 4.79 Å².